The van der Waals surface area contributed by atoms with E-state index < -0.39 is 11.0 Å². The summed E-state index contributed by atoms with van der Waals surface area (Å²) in [6.07, 6.45) is 9.33. The predicted octanol–water partition coefficient (Wildman–Crippen LogP) is 4.51. The molecule has 0 radical (unpaired) electrons. The zero-order valence-electron chi connectivity index (χ0n) is 20.9. The Hall–Kier alpha value is -2.47. The number of nitrogens with zero attached hydrogens (tertiary/aromatic N) is 3. The quantitative estimate of drug-likeness (QED) is 0.681. The van der Waals surface area contributed by atoms with Gasteiger partial charge in [-0.25, -0.2) is 4.98 Å². The first-order chi connectivity index (χ1) is 16.2. The normalized spacial score (nSPS) is 24.1. The molecule has 1 amide bonds. The number of amides is 1. The first-order valence-corrected chi connectivity index (χ1v) is 12.8. The fourth-order valence-corrected chi connectivity index (χ4v) is 5.77. The van der Waals surface area contributed by atoms with Crippen molar-refractivity contribution in [2.45, 2.75) is 77.9 Å². The van der Waals surface area contributed by atoms with E-state index in [9.17, 15) is 14.7 Å². The van der Waals surface area contributed by atoms with Crippen LogP contribution in [0.25, 0.3) is 11.3 Å². The van der Waals surface area contributed by atoms with Crippen molar-refractivity contribution in [3.05, 3.63) is 53.1 Å². The van der Waals surface area contributed by atoms with Gasteiger partial charge < -0.3 is 10.0 Å². The lowest BCUT2D eigenvalue weighted by Crippen LogP contribution is -2.61. The molecule has 0 bridgehead atoms. The van der Waals surface area contributed by atoms with Gasteiger partial charge in [0.1, 0.15) is 0 Å². The van der Waals surface area contributed by atoms with Gasteiger partial charge in [0.05, 0.1) is 24.2 Å². The van der Waals surface area contributed by atoms with E-state index in [2.05, 4.69) is 11.9 Å². The van der Waals surface area contributed by atoms with Crippen molar-refractivity contribution >= 4 is 5.91 Å². The zero-order chi connectivity index (χ0) is 24.3. The van der Waals surface area contributed by atoms with Crippen LogP contribution in [0.4, 0.5) is 0 Å². The Balaban J connectivity index is 1.42. The summed E-state index contributed by atoms with van der Waals surface area (Å²) < 4.78 is 1.50. The van der Waals surface area contributed by atoms with Gasteiger partial charge in [0.25, 0.3) is 5.56 Å². The van der Waals surface area contributed by atoms with Gasteiger partial charge in [-0.2, -0.15) is 0 Å². The van der Waals surface area contributed by atoms with Gasteiger partial charge in [-0.15, -0.1) is 0 Å². The van der Waals surface area contributed by atoms with Crippen LogP contribution >= 0.6 is 0 Å². The van der Waals surface area contributed by atoms with Crippen molar-refractivity contribution in [1.29, 1.82) is 0 Å². The van der Waals surface area contributed by atoms with Crippen molar-refractivity contribution in [3.8, 4) is 11.3 Å². The maximum Gasteiger partial charge on any atom is 0.253 e. The topological polar surface area (TPSA) is 75.4 Å². The molecular formula is C28H39N3O3. The van der Waals surface area contributed by atoms with Crippen molar-refractivity contribution < 1.29 is 9.90 Å². The van der Waals surface area contributed by atoms with Crippen molar-refractivity contribution in [3.63, 3.8) is 0 Å². The smallest absolute Gasteiger partial charge is 0.253 e. The number of carbonyl (C=O) groups is 1. The Morgan fingerprint density at radius 2 is 1.88 bits per heavy atom. The van der Waals surface area contributed by atoms with Gasteiger partial charge >= 0.3 is 0 Å². The average Bonchev–Trinajstić information content (AvgIpc) is 2.83. The lowest BCUT2D eigenvalue weighted by atomic mass is 9.69. The highest BCUT2D eigenvalue weighted by Crippen LogP contribution is 2.40. The molecule has 1 saturated heterocycles. The standard InChI is InChI=1S/C28H39N3O3/c1-21(16-22-10-6-4-7-11-22)26(33)30-15-14-28(34,27(2,3)18-30)19-31-20-29-24(17-25(31)32)23-12-8-5-9-13-23/h5,8-9,12-13,17,20-22,34H,4,6-7,10-11,14-16,18-19H2,1-3H3. The third-order valence-corrected chi connectivity index (χ3v) is 8.17. The molecular weight excluding hydrogens is 426 g/mol. The zero-order valence-corrected chi connectivity index (χ0v) is 20.9. The molecule has 2 heterocycles. The van der Waals surface area contributed by atoms with E-state index in [1.807, 2.05) is 49.1 Å². The predicted molar refractivity (Wildman–Crippen MR) is 134 cm³/mol. The van der Waals surface area contributed by atoms with Crippen LogP contribution in [0.2, 0.25) is 0 Å². The first kappa shape index (κ1) is 24.6. The Bertz CT molecular complexity index is 1040. The number of piperidine rings is 1. The molecule has 1 saturated carbocycles. The summed E-state index contributed by atoms with van der Waals surface area (Å²) in [5.74, 6) is 0.884. The van der Waals surface area contributed by atoms with E-state index in [1.165, 1.54) is 49.1 Å². The number of rotatable bonds is 6. The third-order valence-electron chi connectivity index (χ3n) is 8.17. The largest absolute Gasteiger partial charge is 0.387 e. The Morgan fingerprint density at radius 3 is 2.53 bits per heavy atom. The fourth-order valence-electron chi connectivity index (χ4n) is 5.77. The molecule has 2 unspecified atom stereocenters. The second-order valence-electron chi connectivity index (χ2n) is 11.2. The molecule has 1 aliphatic carbocycles. The Kier molecular flexibility index (Phi) is 7.27. The number of benzene rings is 1. The molecule has 6 nitrogen and oxygen atoms in total. The maximum absolute atomic E-state index is 13.2. The Labute approximate surface area is 203 Å². The molecule has 184 valence electrons. The lowest BCUT2D eigenvalue weighted by Gasteiger charge is -2.50. The molecule has 4 rings (SSSR count). The molecule has 6 heteroatoms. The summed E-state index contributed by atoms with van der Waals surface area (Å²) in [6.45, 7) is 7.22. The number of aromatic nitrogens is 2. The fraction of sp³-hybridized carbons (Fsp3) is 0.607. The van der Waals surface area contributed by atoms with Crippen LogP contribution < -0.4 is 5.56 Å². The van der Waals surface area contributed by atoms with E-state index in [4.69, 9.17) is 0 Å². The van der Waals surface area contributed by atoms with E-state index in [0.717, 1.165) is 12.0 Å². The minimum absolute atomic E-state index is 0.0162. The first-order valence-electron chi connectivity index (χ1n) is 12.8. The van der Waals surface area contributed by atoms with Crippen LogP contribution in [0.15, 0.2) is 47.5 Å². The number of carbonyl (C=O) groups excluding carboxylic acids is 1. The van der Waals surface area contributed by atoms with Gasteiger partial charge in [-0.1, -0.05) is 83.2 Å². The van der Waals surface area contributed by atoms with Gasteiger partial charge in [-0.3, -0.25) is 14.2 Å². The minimum atomic E-state index is -1.10. The maximum atomic E-state index is 13.2. The van der Waals surface area contributed by atoms with Gasteiger partial charge in [0.15, 0.2) is 0 Å². The van der Waals surface area contributed by atoms with Crippen LogP contribution in [-0.2, 0) is 11.3 Å². The summed E-state index contributed by atoms with van der Waals surface area (Å²) in [6, 6.07) is 11.1. The van der Waals surface area contributed by atoms with Crippen molar-refractivity contribution in [2.24, 2.45) is 17.3 Å². The van der Waals surface area contributed by atoms with Crippen molar-refractivity contribution in [2.75, 3.05) is 13.1 Å². The highest BCUT2D eigenvalue weighted by molar-refractivity contribution is 5.78. The van der Waals surface area contributed by atoms with Crippen molar-refractivity contribution in [1.82, 2.24) is 14.5 Å². The van der Waals surface area contributed by atoms with Gasteiger partial charge in [0, 0.05) is 36.1 Å². The molecule has 2 aromatic rings. The van der Waals surface area contributed by atoms with Gasteiger partial charge in [0.2, 0.25) is 5.91 Å². The van der Waals surface area contributed by atoms with E-state index in [-0.39, 0.29) is 23.9 Å². The average molecular weight is 466 g/mol. The van der Waals surface area contributed by atoms with Crippen LogP contribution in [0.5, 0.6) is 0 Å². The molecule has 34 heavy (non-hydrogen) atoms. The molecule has 1 aromatic heterocycles. The highest BCUT2D eigenvalue weighted by atomic mass is 16.3. The van der Waals surface area contributed by atoms with Crippen LogP contribution in [0.1, 0.15) is 65.7 Å². The molecule has 2 atom stereocenters. The van der Waals surface area contributed by atoms with Crippen LogP contribution in [0, 0.1) is 17.3 Å². The van der Waals surface area contributed by atoms with E-state index in [0.29, 0.717) is 31.1 Å². The van der Waals surface area contributed by atoms with E-state index in [1.54, 1.807) is 0 Å². The van der Waals surface area contributed by atoms with E-state index >= 15 is 0 Å². The highest BCUT2D eigenvalue weighted by Gasteiger charge is 2.49. The molecule has 1 aromatic carbocycles. The summed E-state index contributed by atoms with van der Waals surface area (Å²) in [5.41, 5.74) is -0.322. The molecule has 1 aliphatic heterocycles. The monoisotopic (exact) mass is 465 g/mol. The number of aliphatic hydroxyl groups is 1. The molecule has 1 N–H and O–H groups in total. The summed E-state index contributed by atoms with van der Waals surface area (Å²) >= 11 is 0. The number of hydrogen-bond acceptors (Lipinski definition) is 4. The van der Waals surface area contributed by atoms with Crippen LogP contribution in [-0.4, -0.2) is 44.2 Å². The molecule has 2 fully saturated rings. The second-order valence-corrected chi connectivity index (χ2v) is 11.2. The molecule has 2 aliphatic rings. The second kappa shape index (κ2) is 10.0. The van der Waals surface area contributed by atoms with Gasteiger partial charge in [-0.05, 0) is 18.8 Å². The number of hydrogen-bond donors (Lipinski definition) is 1. The minimum Gasteiger partial charge on any atom is -0.387 e. The summed E-state index contributed by atoms with van der Waals surface area (Å²) in [7, 11) is 0. The lowest BCUT2D eigenvalue weighted by molar-refractivity contribution is -0.157. The Morgan fingerprint density at radius 1 is 1.18 bits per heavy atom. The SMILES string of the molecule is CC(CC1CCCCC1)C(=O)N1CCC(O)(Cn2cnc(-c3ccccc3)cc2=O)C(C)(C)C1. The number of likely N-dealkylation sites (tertiary alicyclic amines) is 1. The summed E-state index contributed by atoms with van der Waals surface area (Å²) in [4.78, 5) is 32.5. The third kappa shape index (κ3) is 5.27. The van der Waals surface area contributed by atoms with Crippen LogP contribution in [0.3, 0.4) is 0 Å². The molecule has 0 spiro atoms. The summed E-state index contributed by atoms with van der Waals surface area (Å²) in [5, 5.41) is 11.6.